The second kappa shape index (κ2) is 5.58. The lowest BCUT2D eigenvalue weighted by atomic mass is 10.1. The van der Waals surface area contributed by atoms with Crippen molar-refractivity contribution in [3.05, 3.63) is 72.1 Å². The van der Waals surface area contributed by atoms with Crippen molar-refractivity contribution >= 4 is 5.78 Å². The van der Waals surface area contributed by atoms with Crippen LogP contribution in [0.5, 0.6) is 5.75 Å². The van der Waals surface area contributed by atoms with Gasteiger partial charge in [-0.3, -0.25) is 4.79 Å². The van der Waals surface area contributed by atoms with E-state index in [1.54, 1.807) is 25.4 Å². The van der Waals surface area contributed by atoms with Gasteiger partial charge in [-0.25, -0.2) is 4.68 Å². The summed E-state index contributed by atoms with van der Waals surface area (Å²) in [5.41, 5.74) is 1.62. The summed E-state index contributed by atoms with van der Waals surface area (Å²) in [5.74, 6) is 0.512. The Bertz CT molecular complexity index is 766. The Morgan fingerprint density at radius 2 is 1.76 bits per heavy atom. The second-order valence-corrected chi connectivity index (χ2v) is 4.42. The van der Waals surface area contributed by atoms with Gasteiger partial charge in [-0.05, 0) is 12.1 Å². The van der Waals surface area contributed by atoms with E-state index >= 15 is 0 Å². The first-order chi connectivity index (χ1) is 10.3. The maximum absolute atomic E-state index is 12.3. The Balaban J connectivity index is 1.95. The predicted molar refractivity (Wildman–Crippen MR) is 77.8 cm³/mol. The smallest absolute Gasteiger partial charge is 0.214 e. The molecule has 104 valence electrons. The highest BCUT2D eigenvalue weighted by Gasteiger charge is 2.14. The van der Waals surface area contributed by atoms with Gasteiger partial charge in [0.1, 0.15) is 11.4 Å². The first kappa shape index (κ1) is 13.1. The van der Waals surface area contributed by atoms with Crippen molar-refractivity contribution in [3.63, 3.8) is 0 Å². The van der Waals surface area contributed by atoms with Crippen LogP contribution in [0.3, 0.4) is 0 Å². The predicted octanol–water partition coefficient (Wildman–Crippen LogP) is 2.51. The number of methoxy groups -OCH3 is 1. The average molecular weight is 279 g/mol. The van der Waals surface area contributed by atoms with Crippen LogP contribution in [0.4, 0.5) is 0 Å². The maximum Gasteiger partial charge on any atom is 0.214 e. The minimum absolute atomic E-state index is 0.156. The molecule has 0 bridgehead atoms. The Labute approximate surface area is 121 Å². The Hall–Kier alpha value is -2.95. The van der Waals surface area contributed by atoms with Crippen molar-refractivity contribution in [2.24, 2.45) is 0 Å². The maximum atomic E-state index is 12.3. The fourth-order valence-corrected chi connectivity index (χ4v) is 2.04. The molecule has 3 aromatic rings. The number of para-hydroxylation sites is 2. The molecule has 0 radical (unpaired) electrons. The molecule has 21 heavy (non-hydrogen) atoms. The molecule has 5 heteroatoms. The van der Waals surface area contributed by atoms with Crippen LogP contribution in [-0.4, -0.2) is 27.9 Å². The molecule has 0 aliphatic heterocycles. The summed E-state index contributed by atoms with van der Waals surface area (Å²) in [6.07, 6.45) is 1.60. The van der Waals surface area contributed by atoms with Gasteiger partial charge in [0.05, 0.1) is 13.3 Å². The van der Waals surface area contributed by atoms with E-state index in [-0.39, 0.29) is 5.78 Å². The molecule has 0 atom stereocenters. The number of ether oxygens (including phenoxy) is 1. The standard InChI is InChI=1S/C16H13N3O2/c1-21-15-10-6-5-9-14(15)19-11-13(17-18-19)16(20)12-7-3-2-4-8-12/h2-11H,1H3. The molecule has 1 heterocycles. The van der Waals surface area contributed by atoms with E-state index in [1.165, 1.54) is 4.68 Å². The normalized spacial score (nSPS) is 10.3. The van der Waals surface area contributed by atoms with Crippen LogP contribution < -0.4 is 4.74 Å². The molecule has 3 rings (SSSR count). The number of benzene rings is 2. The van der Waals surface area contributed by atoms with E-state index in [0.717, 1.165) is 5.69 Å². The topological polar surface area (TPSA) is 57.0 Å². The highest BCUT2D eigenvalue weighted by Crippen LogP contribution is 2.21. The Morgan fingerprint density at radius 3 is 2.52 bits per heavy atom. The molecule has 0 unspecified atom stereocenters. The lowest BCUT2D eigenvalue weighted by Crippen LogP contribution is -2.01. The first-order valence-corrected chi connectivity index (χ1v) is 6.45. The summed E-state index contributed by atoms with van der Waals surface area (Å²) in [6.45, 7) is 0. The van der Waals surface area contributed by atoms with E-state index < -0.39 is 0 Å². The van der Waals surface area contributed by atoms with Crippen LogP contribution in [0.2, 0.25) is 0 Å². The van der Waals surface area contributed by atoms with E-state index in [0.29, 0.717) is 17.0 Å². The largest absolute Gasteiger partial charge is 0.494 e. The van der Waals surface area contributed by atoms with Gasteiger partial charge in [0.2, 0.25) is 5.78 Å². The Kier molecular flexibility index (Phi) is 3.47. The number of rotatable bonds is 4. The zero-order valence-electron chi connectivity index (χ0n) is 11.4. The van der Waals surface area contributed by atoms with E-state index in [1.807, 2.05) is 42.5 Å². The molecule has 0 N–H and O–H groups in total. The lowest BCUT2D eigenvalue weighted by Gasteiger charge is -2.06. The first-order valence-electron chi connectivity index (χ1n) is 6.45. The minimum atomic E-state index is -0.156. The number of carbonyl (C=O) groups is 1. The van der Waals surface area contributed by atoms with Crippen molar-refractivity contribution in [2.75, 3.05) is 7.11 Å². The third-order valence-electron chi connectivity index (χ3n) is 3.09. The summed E-state index contributed by atoms with van der Waals surface area (Å²) in [7, 11) is 1.59. The summed E-state index contributed by atoms with van der Waals surface area (Å²) in [6, 6.07) is 16.4. The van der Waals surface area contributed by atoms with Crippen LogP contribution in [0.25, 0.3) is 5.69 Å². The van der Waals surface area contributed by atoms with Crippen LogP contribution in [0.15, 0.2) is 60.8 Å². The molecule has 2 aromatic carbocycles. The molecule has 1 aromatic heterocycles. The zero-order valence-corrected chi connectivity index (χ0v) is 11.4. The van der Waals surface area contributed by atoms with Gasteiger partial charge in [-0.1, -0.05) is 47.7 Å². The highest BCUT2D eigenvalue weighted by molar-refractivity contribution is 6.07. The van der Waals surface area contributed by atoms with Crippen molar-refractivity contribution in [1.29, 1.82) is 0 Å². The van der Waals surface area contributed by atoms with Crippen molar-refractivity contribution in [3.8, 4) is 11.4 Å². The summed E-state index contributed by atoms with van der Waals surface area (Å²) < 4.78 is 6.82. The van der Waals surface area contributed by atoms with Gasteiger partial charge in [0, 0.05) is 5.56 Å². The third-order valence-corrected chi connectivity index (χ3v) is 3.09. The number of carbonyl (C=O) groups excluding carboxylic acids is 1. The fourth-order valence-electron chi connectivity index (χ4n) is 2.04. The van der Waals surface area contributed by atoms with E-state index in [2.05, 4.69) is 10.3 Å². The third kappa shape index (κ3) is 2.53. The quantitative estimate of drug-likeness (QED) is 0.688. The monoisotopic (exact) mass is 279 g/mol. The molecule has 0 saturated carbocycles. The van der Waals surface area contributed by atoms with Crippen LogP contribution in [-0.2, 0) is 0 Å². The SMILES string of the molecule is COc1ccccc1-n1cc(C(=O)c2ccccc2)nn1. The molecule has 0 saturated heterocycles. The van der Waals surface area contributed by atoms with Gasteiger partial charge < -0.3 is 4.74 Å². The van der Waals surface area contributed by atoms with Crippen molar-refractivity contribution < 1.29 is 9.53 Å². The molecule has 0 amide bonds. The summed E-state index contributed by atoms with van der Waals surface area (Å²) in [4.78, 5) is 12.3. The molecule has 5 nitrogen and oxygen atoms in total. The van der Waals surface area contributed by atoms with Gasteiger partial charge in [0.25, 0.3) is 0 Å². The number of aromatic nitrogens is 3. The Morgan fingerprint density at radius 1 is 1.05 bits per heavy atom. The second-order valence-electron chi connectivity index (χ2n) is 4.42. The molecular formula is C16H13N3O2. The fraction of sp³-hybridized carbons (Fsp3) is 0.0625. The summed E-state index contributed by atoms with van der Waals surface area (Å²) >= 11 is 0. The minimum Gasteiger partial charge on any atom is -0.494 e. The van der Waals surface area contributed by atoms with Gasteiger partial charge in [0.15, 0.2) is 5.69 Å². The number of hydrogen-bond donors (Lipinski definition) is 0. The van der Waals surface area contributed by atoms with Gasteiger partial charge >= 0.3 is 0 Å². The van der Waals surface area contributed by atoms with Gasteiger partial charge in [-0.15, -0.1) is 5.10 Å². The van der Waals surface area contributed by atoms with Crippen LogP contribution >= 0.6 is 0 Å². The molecular weight excluding hydrogens is 266 g/mol. The van der Waals surface area contributed by atoms with Crippen LogP contribution in [0, 0.1) is 0 Å². The van der Waals surface area contributed by atoms with Crippen molar-refractivity contribution in [1.82, 2.24) is 15.0 Å². The number of hydrogen-bond acceptors (Lipinski definition) is 4. The number of ketones is 1. The number of nitrogens with zero attached hydrogens (tertiary/aromatic N) is 3. The van der Waals surface area contributed by atoms with Crippen molar-refractivity contribution in [2.45, 2.75) is 0 Å². The van der Waals surface area contributed by atoms with E-state index in [9.17, 15) is 4.79 Å². The molecule has 0 aliphatic carbocycles. The van der Waals surface area contributed by atoms with E-state index in [4.69, 9.17) is 4.74 Å². The molecule has 0 fully saturated rings. The zero-order chi connectivity index (χ0) is 14.7. The van der Waals surface area contributed by atoms with Crippen LogP contribution in [0.1, 0.15) is 16.1 Å². The summed E-state index contributed by atoms with van der Waals surface area (Å²) in [5, 5.41) is 7.96. The average Bonchev–Trinajstić information content (AvgIpc) is 3.04. The van der Waals surface area contributed by atoms with Gasteiger partial charge in [-0.2, -0.15) is 0 Å². The molecule has 0 spiro atoms. The lowest BCUT2D eigenvalue weighted by molar-refractivity contribution is 0.103. The highest BCUT2D eigenvalue weighted by atomic mass is 16.5. The molecule has 0 aliphatic rings.